The van der Waals surface area contributed by atoms with E-state index in [2.05, 4.69) is 15.0 Å². The summed E-state index contributed by atoms with van der Waals surface area (Å²) in [4.78, 5) is 18.5. The molecular weight excluding hydrogens is 456 g/mol. The standard InChI is InChI=1S/C21H21ClN4O3S2.2H2/c22-16-3-1-15(2-4-16)9-11-23-19-10-13-26(20(19)27)17-5-7-18(8-6-17)31(28,29)25-21-24-12-14-30-21;;/h1-8,12,14,19,23H,9-11,13H2,(H,24,25);2*1H. The number of thiazole rings is 1. The Balaban J connectivity index is 0.00000193. The van der Waals surface area contributed by atoms with Gasteiger partial charge in [-0.2, -0.15) is 0 Å². The highest BCUT2D eigenvalue weighted by molar-refractivity contribution is 7.93. The zero-order valence-corrected chi connectivity index (χ0v) is 18.9. The molecule has 7 nitrogen and oxygen atoms in total. The predicted octanol–water partition coefficient (Wildman–Crippen LogP) is 4.03. The monoisotopic (exact) mass is 480 g/mol. The minimum Gasteiger partial charge on any atom is -0.311 e. The Morgan fingerprint density at radius 1 is 1.16 bits per heavy atom. The van der Waals surface area contributed by atoms with Gasteiger partial charge in [0.05, 0.1) is 10.9 Å². The number of nitrogens with zero attached hydrogens (tertiary/aromatic N) is 2. The van der Waals surface area contributed by atoms with Gasteiger partial charge in [0.1, 0.15) is 0 Å². The molecule has 10 heteroatoms. The van der Waals surface area contributed by atoms with Crippen LogP contribution in [0.4, 0.5) is 10.8 Å². The van der Waals surface area contributed by atoms with E-state index in [1.54, 1.807) is 22.4 Å². The lowest BCUT2D eigenvalue weighted by molar-refractivity contribution is -0.118. The number of anilines is 2. The third kappa shape index (κ3) is 5.24. The third-order valence-electron chi connectivity index (χ3n) is 5.04. The average molecular weight is 481 g/mol. The van der Waals surface area contributed by atoms with Gasteiger partial charge in [0.25, 0.3) is 10.0 Å². The maximum Gasteiger partial charge on any atom is 0.263 e. The number of halogens is 1. The fraction of sp³-hybridized carbons (Fsp3) is 0.238. The molecule has 1 amide bonds. The van der Waals surface area contributed by atoms with Crippen molar-refractivity contribution in [1.29, 1.82) is 0 Å². The van der Waals surface area contributed by atoms with Gasteiger partial charge in [0, 0.05) is 31.7 Å². The Bertz CT molecular complexity index is 1150. The van der Waals surface area contributed by atoms with E-state index >= 15 is 0 Å². The van der Waals surface area contributed by atoms with Crippen LogP contribution in [0, 0.1) is 0 Å². The maximum atomic E-state index is 12.8. The maximum absolute atomic E-state index is 12.8. The number of rotatable bonds is 8. The summed E-state index contributed by atoms with van der Waals surface area (Å²) in [5, 5.41) is 6.03. The zero-order chi connectivity index (χ0) is 21.8. The first-order valence-corrected chi connectivity index (χ1v) is 12.5. The molecule has 0 saturated carbocycles. The third-order valence-corrected chi connectivity index (χ3v) is 7.46. The van der Waals surface area contributed by atoms with E-state index in [9.17, 15) is 13.2 Å². The first kappa shape index (κ1) is 21.8. The number of hydrogen-bond acceptors (Lipinski definition) is 6. The number of hydrogen-bond donors (Lipinski definition) is 2. The van der Waals surface area contributed by atoms with E-state index < -0.39 is 10.0 Å². The van der Waals surface area contributed by atoms with E-state index in [0.717, 1.165) is 12.0 Å². The van der Waals surface area contributed by atoms with Crippen LogP contribution in [0.2, 0.25) is 5.02 Å². The molecule has 1 unspecified atom stereocenters. The van der Waals surface area contributed by atoms with Crippen molar-refractivity contribution < 1.29 is 16.1 Å². The minimum atomic E-state index is -3.72. The van der Waals surface area contributed by atoms with Crippen LogP contribution < -0.4 is 14.9 Å². The molecule has 2 heterocycles. The molecule has 0 aliphatic carbocycles. The lowest BCUT2D eigenvalue weighted by atomic mass is 10.1. The van der Waals surface area contributed by atoms with Crippen LogP contribution in [0.3, 0.4) is 0 Å². The molecule has 3 aromatic rings. The second-order valence-corrected chi connectivity index (χ2v) is 10.1. The van der Waals surface area contributed by atoms with Gasteiger partial charge in [-0.15, -0.1) is 11.3 Å². The van der Waals surface area contributed by atoms with E-state index in [1.165, 1.54) is 29.7 Å². The molecule has 1 atom stereocenters. The summed E-state index contributed by atoms with van der Waals surface area (Å²) in [6.07, 6.45) is 3.04. The van der Waals surface area contributed by atoms with E-state index in [1.807, 2.05) is 24.3 Å². The number of carbonyl (C=O) groups excluding carboxylic acids is 1. The molecule has 2 aromatic carbocycles. The molecule has 1 saturated heterocycles. The van der Waals surface area contributed by atoms with Crippen molar-refractivity contribution in [3.8, 4) is 0 Å². The summed E-state index contributed by atoms with van der Waals surface area (Å²) in [7, 11) is -3.72. The fourth-order valence-corrected chi connectivity index (χ4v) is 5.34. The van der Waals surface area contributed by atoms with Gasteiger partial charge in [-0.3, -0.25) is 9.52 Å². The summed E-state index contributed by atoms with van der Waals surface area (Å²) in [6, 6.07) is 13.7. The van der Waals surface area contributed by atoms with Gasteiger partial charge in [-0.25, -0.2) is 13.4 Å². The summed E-state index contributed by atoms with van der Waals surface area (Å²) in [6.45, 7) is 1.27. The molecule has 0 bridgehead atoms. The topological polar surface area (TPSA) is 91.4 Å². The highest BCUT2D eigenvalue weighted by Crippen LogP contribution is 2.25. The minimum absolute atomic E-state index is 0. The highest BCUT2D eigenvalue weighted by atomic mass is 35.5. The summed E-state index contributed by atoms with van der Waals surface area (Å²) in [5.74, 6) is -0.00683. The number of nitrogens with one attached hydrogen (secondary N) is 2. The molecule has 31 heavy (non-hydrogen) atoms. The lowest BCUT2D eigenvalue weighted by Gasteiger charge is -2.18. The van der Waals surface area contributed by atoms with Gasteiger partial charge < -0.3 is 10.2 Å². The largest absolute Gasteiger partial charge is 0.311 e. The number of amides is 1. The van der Waals surface area contributed by atoms with Crippen LogP contribution in [-0.4, -0.2) is 38.4 Å². The quantitative estimate of drug-likeness (QED) is 0.508. The molecule has 4 rings (SSSR count). The van der Waals surface area contributed by atoms with Gasteiger partial charge in [0.2, 0.25) is 5.91 Å². The Morgan fingerprint density at radius 2 is 1.90 bits per heavy atom. The predicted molar refractivity (Wildman–Crippen MR) is 128 cm³/mol. The Hall–Kier alpha value is -2.46. The summed E-state index contributed by atoms with van der Waals surface area (Å²) >= 11 is 7.11. The van der Waals surface area contributed by atoms with Crippen LogP contribution in [0.5, 0.6) is 0 Å². The SMILES string of the molecule is O=C1C(NCCc2ccc(Cl)cc2)CCN1c1ccc(S(=O)(=O)Nc2nccs2)cc1.[HH].[HH]. The first-order chi connectivity index (χ1) is 14.9. The molecule has 0 spiro atoms. The van der Waals surface area contributed by atoms with Crippen LogP contribution >= 0.6 is 22.9 Å². The Labute approximate surface area is 193 Å². The van der Waals surface area contributed by atoms with Crippen molar-refractivity contribution in [2.45, 2.75) is 23.8 Å². The van der Waals surface area contributed by atoms with Gasteiger partial charge >= 0.3 is 0 Å². The van der Waals surface area contributed by atoms with Crippen molar-refractivity contribution in [3.05, 3.63) is 70.7 Å². The Morgan fingerprint density at radius 3 is 2.58 bits per heavy atom. The fourth-order valence-electron chi connectivity index (χ4n) is 3.42. The Kier molecular flexibility index (Phi) is 6.57. The van der Waals surface area contributed by atoms with Crippen molar-refractivity contribution in [2.75, 3.05) is 22.7 Å². The van der Waals surface area contributed by atoms with Crippen LogP contribution in [-0.2, 0) is 21.2 Å². The van der Waals surface area contributed by atoms with Crippen molar-refractivity contribution >= 4 is 49.7 Å². The molecule has 166 valence electrons. The smallest absolute Gasteiger partial charge is 0.263 e. The van der Waals surface area contributed by atoms with Gasteiger partial charge in [-0.05, 0) is 61.3 Å². The average Bonchev–Trinajstić information content (AvgIpc) is 3.39. The van der Waals surface area contributed by atoms with E-state index in [4.69, 9.17) is 11.6 Å². The van der Waals surface area contributed by atoms with Gasteiger partial charge in [-0.1, -0.05) is 23.7 Å². The van der Waals surface area contributed by atoms with Crippen LogP contribution in [0.25, 0.3) is 0 Å². The second kappa shape index (κ2) is 9.35. The lowest BCUT2D eigenvalue weighted by Crippen LogP contribution is -2.39. The van der Waals surface area contributed by atoms with Crippen molar-refractivity contribution in [1.82, 2.24) is 10.3 Å². The number of benzene rings is 2. The number of aromatic nitrogens is 1. The molecule has 2 N–H and O–H groups in total. The van der Waals surface area contributed by atoms with E-state index in [-0.39, 0.29) is 19.7 Å². The molecular formula is C21H25ClN4O3S2. The molecule has 1 fully saturated rings. The number of sulfonamides is 1. The zero-order valence-electron chi connectivity index (χ0n) is 16.5. The van der Waals surface area contributed by atoms with Crippen molar-refractivity contribution in [3.63, 3.8) is 0 Å². The second-order valence-electron chi connectivity index (χ2n) is 7.10. The summed E-state index contributed by atoms with van der Waals surface area (Å²) < 4.78 is 27.4. The normalized spacial score (nSPS) is 16.6. The number of carbonyl (C=O) groups is 1. The highest BCUT2D eigenvalue weighted by Gasteiger charge is 2.32. The molecule has 1 aliphatic rings. The molecule has 1 aliphatic heterocycles. The molecule has 1 aromatic heterocycles. The van der Waals surface area contributed by atoms with Crippen LogP contribution in [0.15, 0.2) is 65.0 Å². The van der Waals surface area contributed by atoms with Gasteiger partial charge in [0.15, 0.2) is 5.13 Å². The summed E-state index contributed by atoms with van der Waals surface area (Å²) in [5.41, 5.74) is 1.84. The first-order valence-electron chi connectivity index (χ1n) is 9.74. The van der Waals surface area contributed by atoms with Crippen molar-refractivity contribution in [2.24, 2.45) is 0 Å². The van der Waals surface area contributed by atoms with E-state index in [0.29, 0.717) is 35.4 Å². The van der Waals surface area contributed by atoms with Crippen LogP contribution in [0.1, 0.15) is 14.8 Å². The molecule has 0 radical (unpaired) electrons.